The lowest BCUT2D eigenvalue weighted by molar-refractivity contribution is -0.141. The van der Waals surface area contributed by atoms with Crippen LogP contribution in [0.3, 0.4) is 0 Å². The van der Waals surface area contributed by atoms with Gasteiger partial charge in [-0.25, -0.2) is 8.42 Å². The van der Waals surface area contributed by atoms with Crippen molar-refractivity contribution in [2.45, 2.75) is 72.0 Å². The van der Waals surface area contributed by atoms with Crippen LogP contribution in [0.15, 0.2) is 42.5 Å². The topological polar surface area (TPSA) is 86.8 Å². The number of halogens is 2. The van der Waals surface area contributed by atoms with Crippen LogP contribution in [0.2, 0.25) is 10.0 Å². The maximum Gasteiger partial charge on any atom is 0.244 e. The van der Waals surface area contributed by atoms with Gasteiger partial charge in [0.1, 0.15) is 12.6 Å². The van der Waals surface area contributed by atoms with Crippen LogP contribution in [-0.2, 0) is 26.2 Å². The van der Waals surface area contributed by atoms with Crippen LogP contribution in [0, 0.1) is 0 Å². The summed E-state index contributed by atoms with van der Waals surface area (Å²) in [5.74, 6) is -0.799. The molecule has 0 aliphatic rings. The summed E-state index contributed by atoms with van der Waals surface area (Å²) in [6.45, 7) is 10.9. The molecule has 0 saturated carbocycles. The summed E-state index contributed by atoms with van der Waals surface area (Å²) >= 11 is 12.3. The van der Waals surface area contributed by atoms with Gasteiger partial charge in [-0.2, -0.15) is 0 Å². The van der Waals surface area contributed by atoms with Crippen LogP contribution < -0.4 is 9.62 Å². The summed E-state index contributed by atoms with van der Waals surface area (Å²) in [5, 5.41) is 3.63. The first-order chi connectivity index (χ1) is 17.0. The second kappa shape index (κ2) is 12.5. The molecule has 10 heteroatoms. The molecule has 1 N–H and O–H groups in total. The van der Waals surface area contributed by atoms with Crippen LogP contribution in [0.1, 0.15) is 65.0 Å². The first kappa shape index (κ1) is 30.9. The highest BCUT2D eigenvalue weighted by molar-refractivity contribution is 7.92. The average molecular weight is 571 g/mol. The number of carbonyl (C=O) groups is 2. The fraction of sp³-hybridized carbons (Fsp3) is 0.481. The Labute approximate surface area is 231 Å². The Morgan fingerprint density at radius 1 is 1.03 bits per heavy atom. The molecule has 0 fully saturated rings. The van der Waals surface area contributed by atoms with Gasteiger partial charge in [0, 0.05) is 12.1 Å². The van der Waals surface area contributed by atoms with Crippen molar-refractivity contribution in [2.75, 3.05) is 17.1 Å². The van der Waals surface area contributed by atoms with Gasteiger partial charge in [-0.1, -0.05) is 68.2 Å². The zero-order valence-corrected chi connectivity index (χ0v) is 24.8. The third kappa shape index (κ3) is 8.62. The average Bonchev–Trinajstić information content (AvgIpc) is 2.77. The number of hydrogen-bond donors (Lipinski definition) is 1. The minimum Gasteiger partial charge on any atom is -0.350 e. The van der Waals surface area contributed by atoms with E-state index in [1.54, 1.807) is 30.3 Å². The number of para-hydroxylation sites is 1. The first-order valence-electron chi connectivity index (χ1n) is 12.2. The fourth-order valence-electron chi connectivity index (χ4n) is 4.00. The zero-order valence-electron chi connectivity index (χ0n) is 22.5. The third-order valence-corrected chi connectivity index (χ3v) is 7.59. The molecule has 0 saturated heterocycles. The van der Waals surface area contributed by atoms with Crippen molar-refractivity contribution >= 4 is 50.7 Å². The Morgan fingerprint density at radius 3 is 2.16 bits per heavy atom. The van der Waals surface area contributed by atoms with Crippen molar-refractivity contribution in [3.63, 3.8) is 0 Å². The summed E-state index contributed by atoms with van der Waals surface area (Å²) in [4.78, 5) is 28.5. The van der Waals surface area contributed by atoms with Gasteiger partial charge in [0.2, 0.25) is 21.8 Å². The van der Waals surface area contributed by atoms with Gasteiger partial charge in [-0.05, 0) is 62.4 Å². The van der Waals surface area contributed by atoms with Gasteiger partial charge in [0.05, 0.1) is 22.0 Å². The highest BCUT2D eigenvalue weighted by Crippen LogP contribution is 2.30. The van der Waals surface area contributed by atoms with E-state index in [4.69, 9.17) is 23.2 Å². The molecular formula is C27H37Cl2N3O4S. The Kier molecular flexibility index (Phi) is 10.5. The molecule has 0 unspecified atom stereocenters. The van der Waals surface area contributed by atoms with Gasteiger partial charge in [-0.15, -0.1) is 0 Å². The SMILES string of the molecule is CC[C@H](C(=O)NC(C)(C)C)N(Cc1ccc(Cl)c(Cl)c1)C(=O)CN(c1ccccc1C(C)C)S(C)(=O)=O. The summed E-state index contributed by atoms with van der Waals surface area (Å²) in [7, 11) is -3.82. The molecule has 37 heavy (non-hydrogen) atoms. The van der Waals surface area contributed by atoms with Crippen molar-refractivity contribution in [2.24, 2.45) is 0 Å². The van der Waals surface area contributed by atoms with Crippen LogP contribution in [0.5, 0.6) is 0 Å². The molecule has 204 valence electrons. The standard InChI is InChI=1S/C27H37Cl2N3O4S/c1-8-23(26(34)30-27(4,5)6)31(16-19-13-14-21(28)22(29)15-19)25(33)17-32(37(7,35)36)24-12-10-9-11-20(24)18(2)3/h9-15,18,23H,8,16-17H2,1-7H3,(H,30,34)/t23-/m1/s1. The van der Waals surface area contributed by atoms with Crippen molar-refractivity contribution in [3.8, 4) is 0 Å². The summed E-state index contributed by atoms with van der Waals surface area (Å²) < 4.78 is 26.9. The Bertz CT molecular complexity index is 1230. The van der Waals surface area contributed by atoms with E-state index in [1.807, 2.05) is 53.7 Å². The molecule has 0 aliphatic heterocycles. The van der Waals surface area contributed by atoms with Crippen molar-refractivity contribution in [1.82, 2.24) is 10.2 Å². The highest BCUT2D eigenvalue weighted by Gasteiger charge is 2.33. The van der Waals surface area contributed by atoms with Crippen LogP contribution in [0.4, 0.5) is 5.69 Å². The second-order valence-electron chi connectivity index (χ2n) is 10.4. The van der Waals surface area contributed by atoms with Crippen molar-refractivity contribution in [1.29, 1.82) is 0 Å². The summed E-state index contributed by atoms with van der Waals surface area (Å²) in [5.41, 5.74) is 1.39. The van der Waals surface area contributed by atoms with Gasteiger partial charge >= 0.3 is 0 Å². The van der Waals surface area contributed by atoms with E-state index in [1.165, 1.54) is 4.90 Å². The van der Waals surface area contributed by atoms with Crippen LogP contribution >= 0.6 is 23.2 Å². The lowest BCUT2D eigenvalue weighted by Gasteiger charge is -2.35. The van der Waals surface area contributed by atoms with E-state index >= 15 is 0 Å². The number of sulfonamides is 1. The molecule has 0 heterocycles. The maximum absolute atomic E-state index is 13.9. The number of benzene rings is 2. The van der Waals surface area contributed by atoms with E-state index in [2.05, 4.69) is 5.32 Å². The van der Waals surface area contributed by atoms with E-state index in [0.29, 0.717) is 27.7 Å². The number of nitrogens with zero attached hydrogens (tertiary/aromatic N) is 2. The predicted octanol–water partition coefficient (Wildman–Crippen LogP) is 5.60. The monoisotopic (exact) mass is 569 g/mol. The molecule has 0 spiro atoms. The van der Waals surface area contributed by atoms with Gasteiger partial charge < -0.3 is 10.2 Å². The van der Waals surface area contributed by atoms with E-state index in [-0.39, 0.29) is 18.4 Å². The maximum atomic E-state index is 13.9. The normalized spacial score (nSPS) is 12.8. The van der Waals surface area contributed by atoms with Crippen LogP contribution in [0.25, 0.3) is 0 Å². The Morgan fingerprint density at radius 2 is 1.65 bits per heavy atom. The lowest BCUT2D eigenvalue weighted by Crippen LogP contribution is -2.55. The number of nitrogens with one attached hydrogen (secondary N) is 1. The molecule has 2 amide bonds. The Balaban J connectivity index is 2.55. The molecule has 1 atom stereocenters. The lowest BCUT2D eigenvalue weighted by atomic mass is 10.0. The van der Waals surface area contributed by atoms with E-state index in [0.717, 1.165) is 16.1 Å². The van der Waals surface area contributed by atoms with Gasteiger partial charge in [0.15, 0.2) is 0 Å². The molecule has 2 aromatic rings. The van der Waals surface area contributed by atoms with Crippen molar-refractivity contribution in [3.05, 3.63) is 63.6 Å². The summed E-state index contributed by atoms with van der Waals surface area (Å²) in [6.07, 6.45) is 1.40. The third-order valence-electron chi connectivity index (χ3n) is 5.73. The molecule has 7 nitrogen and oxygen atoms in total. The number of rotatable bonds is 10. The number of carbonyl (C=O) groups excluding carboxylic acids is 2. The summed E-state index contributed by atoms with van der Waals surface area (Å²) in [6, 6.07) is 11.3. The quantitative estimate of drug-likeness (QED) is 0.403. The number of hydrogen-bond acceptors (Lipinski definition) is 4. The number of anilines is 1. The smallest absolute Gasteiger partial charge is 0.244 e. The second-order valence-corrected chi connectivity index (χ2v) is 13.1. The molecule has 2 rings (SSSR count). The minimum atomic E-state index is -3.82. The molecule has 0 aromatic heterocycles. The molecule has 0 bridgehead atoms. The number of amides is 2. The zero-order chi connectivity index (χ0) is 28.1. The van der Waals surface area contributed by atoms with Gasteiger partial charge in [-0.3, -0.25) is 13.9 Å². The molecule has 0 radical (unpaired) electrons. The molecule has 2 aromatic carbocycles. The fourth-order valence-corrected chi connectivity index (χ4v) is 5.19. The van der Waals surface area contributed by atoms with Crippen LogP contribution in [-0.4, -0.2) is 49.5 Å². The van der Waals surface area contributed by atoms with E-state index in [9.17, 15) is 18.0 Å². The van der Waals surface area contributed by atoms with Gasteiger partial charge in [0.25, 0.3) is 0 Å². The minimum absolute atomic E-state index is 0.0313. The molecular weight excluding hydrogens is 533 g/mol. The van der Waals surface area contributed by atoms with Crippen molar-refractivity contribution < 1.29 is 18.0 Å². The predicted molar refractivity (Wildman–Crippen MR) is 152 cm³/mol. The first-order valence-corrected chi connectivity index (χ1v) is 14.8. The highest BCUT2D eigenvalue weighted by atomic mass is 35.5. The Hall–Kier alpha value is -2.29. The molecule has 0 aliphatic carbocycles. The van der Waals surface area contributed by atoms with E-state index < -0.39 is 34.1 Å². The largest absolute Gasteiger partial charge is 0.350 e.